The molecule has 1 fully saturated rings. The number of nitrogens with zero attached hydrogens (tertiary/aromatic N) is 4. The van der Waals surface area contributed by atoms with Crippen molar-refractivity contribution in [3.63, 3.8) is 0 Å². The van der Waals surface area contributed by atoms with Crippen LogP contribution in [0.15, 0.2) is 36.4 Å². The van der Waals surface area contributed by atoms with Gasteiger partial charge in [0, 0.05) is 32.7 Å². The summed E-state index contributed by atoms with van der Waals surface area (Å²) in [5.41, 5.74) is 1.30. The summed E-state index contributed by atoms with van der Waals surface area (Å²) in [5.74, 6) is 0.246. The zero-order valence-corrected chi connectivity index (χ0v) is 14.3. The van der Waals surface area contributed by atoms with E-state index in [4.69, 9.17) is 0 Å². The molecule has 6 nitrogen and oxygen atoms in total. The van der Waals surface area contributed by atoms with Gasteiger partial charge in [0.2, 0.25) is 0 Å². The molecule has 1 aliphatic rings. The van der Waals surface area contributed by atoms with Crippen molar-refractivity contribution < 1.29 is 9.18 Å². The number of rotatable bonds is 5. The zero-order chi connectivity index (χ0) is 17.6. The molecule has 3 rings (SSSR count). The molecule has 0 spiro atoms. The van der Waals surface area contributed by atoms with E-state index in [1.165, 1.54) is 12.1 Å². The fourth-order valence-corrected chi connectivity index (χ4v) is 2.76. The molecule has 0 radical (unpaired) electrons. The van der Waals surface area contributed by atoms with Crippen LogP contribution in [0.1, 0.15) is 23.0 Å². The summed E-state index contributed by atoms with van der Waals surface area (Å²) in [6, 6.07) is 9.69. The third-order valence-electron chi connectivity index (χ3n) is 4.38. The summed E-state index contributed by atoms with van der Waals surface area (Å²) in [6.45, 7) is 6.88. The number of anilines is 1. The molecule has 7 heteroatoms. The Hall–Kier alpha value is -2.54. The summed E-state index contributed by atoms with van der Waals surface area (Å²) in [6.07, 6.45) is 0. The molecule has 0 aliphatic carbocycles. The Kier molecular flexibility index (Phi) is 5.55. The smallest absolute Gasteiger partial charge is 0.274 e. The number of piperazine rings is 1. The molecule has 25 heavy (non-hydrogen) atoms. The summed E-state index contributed by atoms with van der Waals surface area (Å²) < 4.78 is 12.9. The lowest BCUT2D eigenvalue weighted by molar-refractivity contribution is 0.0636. The van der Waals surface area contributed by atoms with E-state index in [1.807, 2.05) is 4.90 Å². The number of aromatic nitrogens is 2. The first-order valence-corrected chi connectivity index (χ1v) is 8.49. The molecule has 1 saturated heterocycles. The van der Waals surface area contributed by atoms with Crippen molar-refractivity contribution in [2.75, 3.05) is 38.0 Å². The highest BCUT2D eigenvalue weighted by molar-refractivity contribution is 5.92. The van der Waals surface area contributed by atoms with Gasteiger partial charge in [0.05, 0.1) is 0 Å². The van der Waals surface area contributed by atoms with Crippen molar-refractivity contribution in [3.05, 3.63) is 53.5 Å². The molecular formula is C18H22FN5O. The number of halogens is 1. The van der Waals surface area contributed by atoms with E-state index in [0.29, 0.717) is 18.1 Å². The second kappa shape index (κ2) is 8.02. The Morgan fingerprint density at radius 2 is 1.80 bits per heavy atom. The van der Waals surface area contributed by atoms with Gasteiger partial charge in [-0.05, 0) is 36.4 Å². The number of likely N-dealkylation sites (N-methyl/N-ethyl adjacent to an activating group) is 1. The van der Waals surface area contributed by atoms with Gasteiger partial charge in [0.15, 0.2) is 5.69 Å². The Labute approximate surface area is 146 Å². The molecule has 0 bridgehead atoms. The van der Waals surface area contributed by atoms with Crippen LogP contribution >= 0.6 is 0 Å². The minimum Gasteiger partial charge on any atom is -0.365 e. The van der Waals surface area contributed by atoms with Crippen LogP contribution in [0.25, 0.3) is 0 Å². The number of carbonyl (C=O) groups is 1. The van der Waals surface area contributed by atoms with E-state index in [1.54, 1.807) is 24.3 Å². The predicted molar refractivity (Wildman–Crippen MR) is 93.8 cm³/mol. The maximum atomic E-state index is 12.9. The molecule has 0 unspecified atom stereocenters. The highest BCUT2D eigenvalue weighted by Gasteiger charge is 2.22. The van der Waals surface area contributed by atoms with Crippen molar-refractivity contribution in [1.82, 2.24) is 20.0 Å². The summed E-state index contributed by atoms with van der Waals surface area (Å²) in [5, 5.41) is 11.2. The minimum atomic E-state index is -0.258. The second-order valence-corrected chi connectivity index (χ2v) is 6.01. The molecular weight excluding hydrogens is 321 g/mol. The number of hydrogen-bond donors (Lipinski definition) is 1. The van der Waals surface area contributed by atoms with Gasteiger partial charge >= 0.3 is 0 Å². The molecule has 1 aliphatic heterocycles. The number of hydrogen-bond acceptors (Lipinski definition) is 5. The second-order valence-electron chi connectivity index (χ2n) is 6.01. The van der Waals surface area contributed by atoms with Crippen molar-refractivity contribution in [2.24, 2.45) is 0 Å². The standard InChI is InChI=1S/C18H22FN5O/c1-2-23-9-11-24(12-10-23)18(25)16-7-8-17(22-21-16)20-13-14-3-5-15(19)6-4-14/h3-8H,2,9-13H2,1H3,(H,20,22). The fourth-order valence-electron chi connectivity index (χ4n) is 2.76. The van der Waals surface area contributed by atoms with Gasteiger partial charge in [-0.15, -0.1) is 10.2 Å². The number of benzene rings is 1. The highest BCUT2D eigenvalue weighted by atomic mass is 19.1. The van der Waals surface area contributed by atoms with Crippen molar-refractivity contribution in [2.45, 2.75) is 13.5 Å². The first-order valence-electron chi connectivity index (χ1n) is 8.49. The van der Waals surface area contributed by atoms with Crippen LogP contribution in [-0.2, 0) is 6.54 Å². The molecule has 0 atom stereocenters. The van der Waals surface area contributed by atoms with E-state index in [2.05, 4.69) is 27.3 Å². The van der Waals surface area contributed by atoms with Gasteiger partial charge in [-0.3, -0.25) is 4.79 Å². The average molecular weight is 343 g/mol. The Morgan fingerprint density at radius 3 is 2.40 bits per heavy atom. The summed E-state index contributed by atoms with van der Waals surface area (Å²) >= 11 is 0. The molecule has 132 valence electrons. The first kappa shape index (κ1) is 17.3. The fraction of sp³-hybridized carbons (Fsp3) is 0.389. The van der Waals surface area contributed by atoms with E-state index in [-0.39, 0.29) is 11.7 Å². The van der Waals surface area contributed by atoms with Crippen molar-refractivity contribution in [3.8, 4) is 0 Å². The monoisotopic (exact) mass is 343 g/mol. The lowest BCUT2D eigenvalue weighted by Gasteiger charge is -2.33. The van der Waals surface area contributed by atoms with E-state index < -0.39 is 0 Å². The van der Waals surface area contributed by atoms with Crippen molar-refractivity contribution >= 4 is 11.7 Å². The number of carbonyl (C=O) groups excluding carboxylic acids is 1. The summed E-state index contributed by atoms with van der Waals surface area (Å²) in [4.78, 5) is 16.6. The first-order chi connectivity index (χ1) is 12.2. The van der Waals surface area contributed by atoms with Crippen molar-refractivity contribution in [1.29, 1.82) is 0 Å². The molecule has 1 amide bonds. The molecule has 2 heterocycles. The topological polar surface area (TPSA) is 61.4 Å². The lowest BCUT2D eigenvalue weighted by Crippen LogP contribution is -2.48. The SMILES string of the molecule is CCN1CCN(C(=O)c2ccc(NCc3ccc(F)cc3)nn2)CC1. The van der Waals surface area contributed by atoms with E-state index in [0.717, 1.165) is 38.3 Å². The van der Waals surface area contributed by atoms with Crippen LogP contribution < -0.4 is 5.32 Å². The molecule has 2 aromatic rings. The Morgan fingerprint density at radius 1 is 1.08 bits per heavy atom. The highest BCUT2D eigenvalue weighted by Crippen LogP contribution is 2.10. The maximum absolute atomic E-state index is 12.9. The van der Waals surface area contributed by atoms with Crippen LogP contribution in [-0.4, -0.2) is 58.6 Å². The Balaban J connectivity index is 1.54. The molecule has 0 saturated carbocycles. The zero-order valence-electron chi connectivity index (χ0n) is 14.3. The van der Waals surface area contributed by atoms with Gasteiger partial charge in [0.25, 0.3) is 5.91 Å². The lowest BCUT2D eigenvalue weighted by atomic mass is 10.2. The van der Waals surface area contributed by atoms with Crippen LogP contribution in [0, 0.1) is 5.82 Å². The maximum Gasteiger partial charge on any atom is 0.274 e. The van der Waals surface area contributed by atoms with Gasteiger partial charge in [-0.1, -0.05) is 19.1 Å². The summed E-state index contributed by atoms with van der Waals surface area (Å²) in [7, 11) is 0. The van der Waals surface area contributed by atoms with Crippen LogP contribution in [0.5, 0.6) is 0 Å². The normalized spacial score (nSPS) is 15.2. The van der Waals surface area contributed by atoms with Gasteiger partial charge < -0.3 is 15.1 Å². The van der Waals surface area contributed by atoms with Crippen LogP contribution in [0.3, 0.4) is 0 Å². The molecule has 1 N–H and O–H groups in total. The van der Waals surface area contributed by atoms with E-state index in [9.17, 15) is 9.18 Å². The van der Waals surface area contributed by atoms with Crippen LogP contribution in [0.2, 0.25) is 0 Å². The third-order valence-corrected chi connectivity index (χ3v) is 4.38. The minimum absolute atomic E-state index is 0.0756. The molecule has 1 aromatic carbocycles. The van der Waals surface area contributed by atoms with Crippen LogP contribution in [0.4, 0.5) is 10.2 Å². The van der Waals surface area contributed by atoms with Gasteiger partial charge in [-0.25, -0.2) is 4.39 Å². The van der Waals surface area contributed by atoms with E-state index >= 15 is 0 Å². The largest absolute Gasteiger partial charge is 0.365 e. The predicted octanol–water partition coefficient (Wildman–Crippen LogP) is 2.01. The quantitative estimate of drug-likeness (QED) is 0.900. The molecule has 1 aromatic heterocycles. The van der Waals surface area contributed by atoms with Gasteiger partial charge in [-0.2, -0.15) is 0 Å². The Bertz CT molecular complexity index is 696. The third kappa shape index (κ3) is 4.51. The average Bonchev–Trinajstić information content (AvgIpc) is 2.67. The number of nitrogens with one attached hydrogen (secondary N) is 1. The van der Waals surface area contributed by atoms with Gasteiger partial charge in [0.1, 0.15) is 11.6 Å². The number of amides is 1.